The van der Waals surface area contributed by atoms with Crippen LogP contribution in [0, 0.1) is 0 Å². The molecule has 0 radical (unpaired) electrons. The minimum atomic E-state index is 0.600. The van der Waals surface area contributed by atoms with Gasteiger partial charge in [0.25, 0.3) is 0 Å². The van der Waals surface area contributed by atoms with Crippen LogP contribution in [-0.4, -0.2) is 30.0 Å². The number of hydrogen-bond acceptors (Lipinski definition) is 4. The van der Waals surface area contributed by atoms with E-state index >= 15 is 0 Å². The lowest BCUT2D eigenvalue weighted by molar-refractivity contribution is 0.288. The van der Waals surface area contributed by atoms with E-state index in [9.17, 15) is 0 Å². The highest BCUT2D eigenvalue weighted by Gasteiger charge is 2.09. The van der Waals surface area contributed by atoms with Crippen LogP contribution >= 0.6 is 0 Å². The lowest BCUT2D eigenvalue weighted by atomic mass is 10.1. The van der Waals surface area contributed by atoms with Gasteiger partial charge in [0, 0.05) is 17.7 Å². The van der Waals surface area contributed by atoms with Crippen LogP contribution in [0.5, 0.6) is 11.5 Å². The van der Waals surface area contributed by atoms with Crippen molar-refractivity contribution in [2.75, 3.05) is 19.8 Å². The predicted octanol–water partition coefficient (Wildman–Crippen LogP) is 2.38. The van der Waals surface area contributed by atoms with Gasteiger partial charge in [0.1, 0.15) is 0 Å². The summed E-state index contributed by atoms with van der Waals surface area (Å²) in [6.45, 7) is 5.73. The third kappa shape index (κ3) is 3.30. The van der Waals surface area contributed by atoms with Crippen molar-refractivity contribution in [1.29, 1.82) is 0 Å². The summed E-state index contributed by atoms with van der Waals surface area (Å²) in [4.78, 5) is 0. The Labute approximate surface area is 119 Å². The second kappa shape index (κ2) is 6.96. The van der Waals surface area contributed by atoms with E-state index in [0.29, 0.717) is 19.8 Å². The number of nitrogens with two attached hydrogens (primary N) is 1. The third-order valence-electron chi connectivity index (χ3n) is 2.88. The number of benzene rings is 1. The molecular formula is C15H21N3O2. The number of ether oxygens (including phenoxy) is 2. The average Bonchev–Trinajstić information content (AvgIpc) is 2.90. The number of rotatable bonds is 7. The summed E-state index contributed by atoms with van der Waals surface area (Å²) < 4.78 is 11.2. The molecule has 0 atom stereocenters. The van der Waals surface area contributed by atoms with Gasteiger partial charge in [-0.15, -0.1) is 0 Å². The Morgan fingerprint density at radius 2 is 1.85 bits per heavy atom. The van der Waals surface area contributed by atoms with Gasteiger partial charge in [0.05, 0.1) is 18.9 Å². The van der Waals surface area contributed by atoms with Crippen molar-refractivity contribution >= 4 is 0 Å². The minimum absolute atomic E-state index is 0.600. The molecule has 5 heteroatoms. The maximum Gasteiger partial charge on any atom is 0.161 e. The molecule has 0 fully saturated rings. The second-order valence-electron chi connectivity index (χ2n) is 4.34. The Bertz CT molecular complexity index is 552. The molecule has 1 heterocycles. The smallest absolute Gasteiger partial charge is 0.161 e. The molecule has 20 heavy (non-hydrogen) atoms. The highest BCUT2D eigenvalue weighted by Crippen LogP contribution is 2.32. The molecule has 3 N–H and O–H groups in total. The number of nitrogens with zero attached hydrogens (tertiary/aromatic N) is 1. The third-order valence-corrected chi connectivity index (χ3v) is 2.88. The van der Waals surface area contributed by atoms with Gasteiger partial charge in [-0.2, -0.15) is 5.10 Å². The maximum absolute atomic E-state index is 5.62. The van der Waals surface area contributed by atoms with Gasteiger partial charge in [0.2, 0.25) is 0 Å². The molecule has 108 valence electrons. The van der Waals surface area contributed by atoms with Gasteiger partial charge < -0.3 is 15.2 Å². The quantitative estimate of drug-likeness (QED) is 0.813. The molecule has 0 amide bonds. The Kier molecular flexibility index (Phi) is 5.01. The molecule has 0 bridgehead atoms. The molecule has 0 aliphatic carbocycles. The number of aromatic nitrogens is 2. The Balaban J connectivity index is 2.28. The van der Waals surface area contributed by atoms with E-state index < -0.39 is 0 Å². The SMILES string of the molecule is CCOc1ccc(-c2cc(CCN)[nH]n2)cc1OCC. The zero-order chi connectivity index (χ0) is 14.4. The lowest BCUT2D eigenvalue weighted by Crippen LogP contribution is -2.02. The number of H-pyrrole nitrogens is 1. The molecule has 0 aliphatic heterocycles. The fourth-order valence-corrected chi connectivity index (χ4v) is 2.00. The Morgan fingerprint density at radius 3 is 2.55 bits per heavy atom. The first-order valence-electron chi connectivity index (χ1n) is 6.92. The fourth-order valence-electron chi connectivity index (χ4n) is 2.00. The van der Waals surface area contributed by atoms with E-state index in [4.69, 9.17) is 15.2 Å². The van der Waals surface area contributed by atoms with Crippen LogP contribution in [0.1, 0.15) is 19.5 Å². The van der Waals surface area contributed by atoms with Gasteiger partial charge in [-0.05, 0) is 44.7 Å². The predicted molar refractivity (Wildman–Crippen MR) is 79.1 cm³/mol. The van der Waals surface area contributed by atoms with Crippen LogP contribution in [0.2, 0.25) is 0 Å². The molecule has 0 saturated carbocycles. The van der Waals surface area contributed by atoms with Gasteiger partial charge in [-0.1, -0.05) is 0 Å². The first kappa shape index (κ1) is 14.4. The average molecular weight is 275 g/mol. The molecule has 1 aromatic carbocycles. The molecule has 2 aromatic rings. The Morgan fingerprint density at radius 1 is 1.10 bits per heavy atom. The van der Waals surface area contributed by atoms with E-state index in [2.05, 4.69) is 10.2 Å². The number of aromatic amines is 1. The van der Waals surface area contributed by atoms with E-state index in [0.717, 1.165) is 34.9 Å². The monoisotopic (exact) mass is 275 g/mol. The van der Waals surface area contributed by atoms with Crippen molar-refractivity contribution in [1.82, 2.24) is 10.2 Å². The van der Waals surface area contributed by atoms with E-state index in [1.807, 2.05) is 38.1 Å². The van der Waals surface area contributed by atoms with Crippen LogP contribution in [0.15, 0.2) is 24.3 Å². The zero-order valence-electron chi connectivity index (χ0n) is 12.0. The summed E-state index contributed by atoms with van der Waals surface area (Å²) in [6.07, 6.45) is 0.794. The van der Waals surface area contributed by atoms with Crippen LogP contribution in [0.3, 0.4) is 0 Å². The Hall–Kier alpha value is -2.01. The molecule has 0 aliphatic rings. The maximum atomic E-state index is 5.62. The van der Waals surface area contributed by atoms with Crippen LogP contribution in [-0.2, 0) is 6.42 Å². The summed E-state index contributed by atoms with van der Waals surface area (Å²) in [6, 6.07) is 7.87. The van der Waals surface area contributed by atoms with Crippen LogP contribution in [0.25, 0.3) is 11.3 Å². The first-order chi connectivity index (χ1) is 9.78. The van der Waals surface area contributed by atoms with Gasteiger partial charge >= 0.3 is 0 Å². The van der Waals surface area contributed by atoms with Crippen molar-refractivity contribution < 1.29 is 9.47 Å². The summed E-state index contributed by atoms with van der Waals surface area (Å²) in [7, 11) is 0. The van der Waals surface area contributed by atoms with E-state index in [-0.39, 0.29) is 0 Å². The van der Waals surface area contributed by atoms with Crippen molar-refractivity contribution in [3.05, 3.63) is 30.0 Å². The molecule has 1 aromatic heterocycles. The summed E-state index contributed by atoms with van der Waals surface area (Å²) in [5.74, 6) is 1.51. The molecule has 5 nitrogen and oxygen atoms in total. The topological polar surface area (TPSA) is 73.2 Å². The van der Waals surface area contributed by atoms with Crippen molar-refractivity contribution in [3.8, 4) is 22.8 Å². The molecule has 2 rings (SSSR count). The highest BCUT2D eigenvalue weighted by atomic mass is 16.5. The lowest BCUT2D eigenvalue weighted by Gasteiger charge is -2.11. The summed E-state index contributed by atoms with van der Waals surface area (Å²) in [5.41, 5.74) is 8.46. The largest absolute Gasteiger partial charge is 0.490 e. The van der Waals surface area contributed by atoms with Gasteiger partial charge in [-0.3, -0.25) is 5.10 Å². The molecule has 0 unspecified atom stereocenters. The second-order valence-corrected chi connectivity index (χ2v) is 4.34. The van der Waals surface area contributed by atoms with Gasteiger partial charge in [0.15, 0.2) is 11.5 Å². The normalized spacial score (nSPS) is 10.6. The molecule has 0 spiro atoms. The van der Waals surface area contributed by atoms with Crippen molar-refractivity contribution in [2.45, 2.75) is 20.3 Å². The summed E-state index contributed by atoms with van der Waals surface area (Å²) in [5, 5.41) is 7.30. The minimum Gasteiger partial charge on any atom is -0.490 e. The van der Waals surface area contributed by atoms with Gasteiger partial charge in [-0.25, -0.2) is 0 Å². The molecule has 0 saturated heterocycles. The van der Waals surface area contributed by atoms with E-state index in [1.165, 1.54) is 0 Å². The standard InChI is InChI=1S/C15H21N3O2/c1-3-19-14-6-5-11(9-15(14)20-4-2)13-10-12(7-8-16)17-18-13/h5-6,9-10H,3-4,7-8,16H2,1-2H3,(H,17,18). The number of hydrogen-bond donors (Lipinski definition) is 2. The van der Waals surface area contributed by atoms with Crippen LogP contribution in [0.4, 0.5) is 0 Å². The highest BCUT2D eigenvalue weighted by molar-refractivity contribution is 5.64. The zero-order valence-corrected chi connectivity index (χ0v) is 12.0. The van der Waals surface area contributed by atoms with E-state index in [1.54, 1.807) is 0 Å². The van der Waals surface area contributed by atoms with Crippen molar-refractivity contribution in [2.24, 2.45) is 5.73 Å². The summed E-state index contributed by atoms with van der Waals surface area (Å²) >= 11 is 0. The first-order valence-corrected chi connectivity index (χ1v) is 6.92. The molecular weight excluding hydrogens is 254 g/mol. The number of nitrogens with one attached hydrogen (secondary N) is 1. The fraction of sp³-hybridized carbons (Fsp3) is 0.400. The van der Waals surface area contributed by atoms with Crippen molar-refractivity contribution in [3.63, 3.8) is 0 Å². The van der Waals surface area contributed by atoms with Crippen LogP contribution < -0.4 is 15.2 Å².